The molecule has 2 nitrogen and oxygen atoms in total. The van der Waals surface area contributed by atoms with Crippen LogP contribution < -0.4 is 0 Å². The molecule has 0 fully saturated rings. The Hall–Kier alpha value is -0.305. The van der Waals surface area contributed by atoms with E-state index in [9.17, 15) is 4.79 Å². The van der Waals surface area contributed by atoms with Gasteiger partial charge in [-0.1, -0.05) is 20.7 Å². The molecule has 0 aliphatic heterocycles. The van der Waals surface area contributed by atoms with Crippen molar-refractivity contribution in [2.75, 3.05) is 0 Å². The average molecular weight is 154 g/mol. The zero-order valence-corrected chi connectivity index (χ0v) is 8.09. The molecular formula is C8H17BNO. The van der Waals surface area contributed by atoms with E-state index in [4.69, 9.17) is 0 Å². The summed E-state index contributed by atoms with van der Waals surface area (Å²) < 4.78 is 0. The Morgan fingerprint density at radius 1 is 1.36 bits per heavy atom. The highest BCUT2D eigenvalue weighted by atomic mass is 16.1. The van der Waals surface area contributed by atoms with Crippen molar-refractivity contribution in [2.24, 2.45) is 0 Å². The van der Waals surface area contributed by atoms with Gasteiger partial charge < -0.3 is 4.81 Å². The Labute approximate surface area is 70.2 Å². The van der Waals surface area contributed by atoms with Crippen molar-refractivity contribution in [3.8, 4) is 0 Å². The molecule has 3 heteroatoms. The third-order valence-electron chi connectivity index (χ3n) is 1.93. The summed E-state index contributed by atoms with van der Waals surface area (Å²) in [6, 6.07) is 0.416. The Bertz CT molecular complexity index is 136. The Morgan fingerprint density at radius 3 is 1.91 bits per heavy atom. The molecule has 0 N–H and O–H groups in total. The first-order valence-electron chi connectivity index (χ1n) is 4.08. The van der Waals surface area contributed by atoms with Crippen LogP contribution in [-0.4, -0.2) is 30.1 Å². The van der Waals surface area contributed by atoms with Gasteiger partial charge in [0, 0.05) is 0 Å². The lowest BCUT2D eigenvalue weighted by molar-refractivity contribution is -0.120. The third-order valence-corrected chi connectivity index (χ3v) is 1.93. The standard InChI is InChI=1S/C8H17BNO/c1-6(2)10(9-5)7(3)8(4)11/h6-7H,1-5H3. The predicted octanol–water partition coefficient (Wildman–Crippen LogP) is 1.34. The number of carbonyl (C=O) groups is 1. The number of hydrogen-bond donors (Lipinski definition) is 0. The predicted molar refractivity (Wildman–Crippen MR) is 48.7 cm³/mol. The first-order valence-corrected chi connectivity index (χ1v) is 4.08. The van der Waals surface area contributed by atoms with E-state index < -0.39 is 0 Å². The molecule has 11 heavy (non-hydrogen) atoms. The third kappa shape index (κ3) is 3.06. The van der Waals surface area contributed by atoms with Gasteiger partial charge in [0.15, 0.2) is 0 Å². The number of carbonyl (C=O) groups excluding carboxylic acids is 1. The van der Waals surface area contributed by atoms with Gasteiger partial charge >= 0.3 is 0 Å². The van der Waals surface area contributed by atoms with Crippen molar-refractivity contribution in [3.63, 3.8) is 0 Å². The molecule has 0 aromatic heterocycles. The number of Topliss-reactive ketones (excluding diaryl/α,β-unsaturated/α-hetero) is 1. The fourth-order valence-electron chi connectivity index (χ4n) is 1.18. The Balaban J connectivity index is 4.13. The van der Waals surface area contributed by atoms with Crippen LogP contribution in [0.3, 0.4) is 0 Å². The smallest absolute Gasteiger partial charge is 0.206 e. The minimum absolute atomic E-state index is 0.0139. The van der Waals surface area contributed by atoms with Crippen LogP contribution in [0.15, 0.2) is 0 Å². The SMILES string of the molecule is C[B]N(C(C)C)C(C)C(C)=O. The van der Waals surface area contributed by atoms with E-state index in [-0.39, 0.29) is 11.8 Å². The number of ketones is 1. The van der Waals surface area contributed by atoms with E-state index in [1.807, 2.05) is 21.2 Å². The van der Waals surface area contributed by atoms with Crippen molar-refractivity contribution in [2.45, 2.75) is 46.6 Å². The molecule has 0 amide bonds. The van der Waals surface area contributed by atoms with Crippen LogP contribution in [0.25, 0.3) is 0 Å². The summed E-state index contributed by atoms with van der Waals surface area (Å²) in [5, 5.41) is 0. The minimum Gasteiger partial charge on any atom is -0.337 e. The quantitative estimate of drug-likeness (QED) is 0.569. The lowest BCUT2D eigenvalue weighted by Gasteiger charge is -2.29. The van der Waals surface area contributed by atoms with Crippen molar-refractivity contribution >= 4 is 13.2 Å². The summed E-state index contributed by atoms with van der Waals surface area (Å²) >= 11 is 0. The lowest BCUT2D eigenvalue weighted by atomic mass is 9.90. The van der Waals surface area contributed by atoms with Crippen LogP contribution in [-0.2, 0) is 4.79 Å². The normalized spacial score (nSPS) is 13.7. The molecule has 0 saturated carbocycles. The molecule has 1 radical (unpaired) electrons. The van der Waals surface area contributed by atoms with Gasteiger partial charge in [0.1, 0.15) is 5.78 Å². The summed E-state index contributed by atoms with van der Waals surface area (Å²) in [5.74, 6) is 0.219. The summed E-state index contributed by atoms with van der Waals surface area (Å²) in [4.78, 5) is 13.0. The topological polar surface area (TPSA) is 20.3 Å². The number of nitrogens with zero attached hydrogens (tertiary/aromatic N) is 1. The molecule has 0 aromatic carbocycles. The van der Waals surface area contributed by atoms with Crippen molar-refractivity contribution < 1.29 is 4.79 Å². The molecule has 0 saturated heterocycles. The van der Waals surface area contributed by atoms with Gasteiger partial charge in [0.2, 0.25) is 7.41 Å². The molecular weight excluding hydrogens is 137 g/mol. The zero-order valence-electron chi connectivity index (χ0n) is 8.09. The molecule has 63 valence electrons. The monoisotopic (exact) mass is 154 g/mol. The molecule has 0 aromatic rings. The highest BCUT2D eigenvalue weighted by Gasteiger charge is 2.18. The summed E-state index contributed by atoms with van der Waals surface area (Å²) in [6.07, 6.45) is 0. The van der Waals surface area contributed by atoms with Gasteiger partial charge in [-0.3, -0.25) is 4.79 Å². The largest absolute Gasteiger partial charge is 0.337 e. The molecule has 0 rings (SSSR count). The molecule has 1 atom stereocenters. The van der Waals surface area contributed by atoms with Crippen LogP contribution >= 0.6 is 0 Å². The highest BCUT2D eigenvalue weighted by Crippen LogP contribution is 2.03. The molecule has 0 bridgehead atoms. The van der Waals surface area contributed by atoms with Crippen LogP contribution in [0.4, 0.5) is 0 Å². The molecule has 0 aliphatic carbocycles. The fraction of sp³-hybridized carbons (Fsp3) is 0.875. The van der Waals surface area contributed by atoms with Crippen molar-refractivity contribution in [1.29, 1.82) is 0 Å². The summed E-state index contributed by atoms with van der Waals surface area (Å²) in [6.45, 7) is 9.68. The second-order valence-corrected chi connectivity index (χ2v) is 3.09. The summed E-state index contributed by atoms with van der Waals surface area (Å²) in [5.41, 5.74) is 0. The van der Waals surface area contributed by atoms with Crippen molar-refractivity contribution in [3.05, 3.63) is 0 Å². The first-order chi connectivity index (χ1) is 5.00. The fourth-order valence-corrected chi connectivity index (χ4v) is 1.18. The average Bonchev–Trinajstić information content (AvgIpc) is 1.88. The Morgan fingerprint density at radius 2 is 1.82 bits per heavy atom. The Kier molecular flexibility index (Phi) is 4.42. The molecule has 0 aliphatic rings. The highest BCUT2D eigenvalue weighted by molar-refractivity contribution is 6.30. The van der Waals surface area contributed by atoms with Crippen molar-refractivity contribution in [1.82, 2.24) is 4.81 Å². The molecule has 1 unspecified atom stereocenters. The lowest BCUT2D eigenvalue weighted by Crippen LogP contribution is -2.43. The zero-order chi connectivity index (χ0) is 9.02. The molecule has 0 heterocycles. The van der Waals surface area contributed by atoms with Gasteiger partial charge in [-0.2, -0.15) is 0 Å². The van der Waals surface area contributed by atoms with Gasteiger partial charge in [0.05, 0.1) is 6.04 Å². The summed E-state index contributed by atoms with van der Waals surface area (Å²) in [7, 11) is 1.97. The van der Waals surface area contributed by atoms with E-state index in [1.54, 1.807) is 6.92 Å². The maximum absolute atomic E-state index is 11.0. The van der Waals surface area contributed by atoms with Gasteiger partial charge in [-0.15, -0.1) is 0 Å². The first kappa shape index (κ1) is 10.7. The van der Waals surface area contributed by atoms with Gasteiger partial charge in [-0.05, 0) is 19.9 Å². The minimum atomic E-state index is 0.0139. The number of rotatable bonds is 4. The van der Waals surface area contributed by atoms with Crippen LogP contribution in [0.5, 0.6) is 0 Å². The maximum atomic E-state index is 11.0. The van der Waals surface area contributed by atoms with E-state index >= 15 is 0 Å². The van der Waals surface area contributed by atoms with E-state index in [0.717, 1.165) is 0 Å². The second-order valence-electron chi connectivity index (χ2n) is 3.09. The molecule has 0 spiro atoms. The van der Waals surface area contributed by atoms with E-state index in [1.165, 1.54) is 0 Å². The maximum Gasteiger partial charge on any atom is 0.206 e. The van der Waals surface area contributed by atoms with Gasteiger partial charge in [0.25, 0.3) is 0 Å². The second kappa shape index (κ2) is 4.55. The number of hydrogen-bond acceptors (Lipinski definition) is 2. The van der Waals surface area contributed by atoms with Crippen LogP contribution in [0.1, 0.15) is 27.7 Å². The van der Waals surface area contributed by atoms with E-state index in [2.05, 4.69) is 18.7 Å². The van der Waals surface area contributed by atoms with E-state index in [0.29, 0.717) is 6.04 Å². The van der Waals surface area contributed by atoms with Crippen LogP contribution in [0.2, 0.25) is 6.82 Å². The van der Waals surface area contributed by atoms with Gasteiger partial charge in [-0.25, -0.2) is 0 Å². The van der Waals surface area contributed by atoms with Crippen LogP contribution in [0, 0.1) is 0 Å².